The van der Waals surface area contributed by atoms with Crippen molar-refractivity contribution in [1.29, 1.82) is 4.78 Å². The van der Waals surface area contributed by atoms with E-state index in [9.17, 15) is 13.4 Å². The Morgan fingerprint density at radius 2 is 1.96 bits per heavy atom. The second-order valence-electron chi connectivity index (χ2n) is 8.32. The third-order valence-corrected chi connectivity index (χ3v) is 7.85. The van der Waals surface area contributed by atoms with Crippen LogP contribution in [0.4, 0.5) is 9.18 Å². The number of aliphatic imine (C=N–C) groups is 1. The van der Waals surface area contributed by atoms with Crippen molar-refractivity contribution < 1.29 is 18.1 Å². The number of ether oxygens (including phenoxy) is 1. The number of rotatable bonds is 1. The summed E-state index contributed by atoms with van der Waals surface area (Å²) in [4.78, 5) is 16.8. The lowest BCUT2D eigenvalue weighted by molar-refractivity contribution is 0.0561. The van der Waals surface area contributed by atoms with Crippen LogP contribution in [0.3, 0.4) is 0 Å². The molecule has 0 saturated carbocycles. The lowest BCUT2D eigenvalue weighted by atomic mass is 9.93. The Labute approximate surface area is 173 Å². The van der Waals surface area contributed by atoms with Crippen molar-refractivity contribution in [2.75, 3.05) is 5.75 Å². The molecule has 0 aliphatic carbocycles. The number of carbonyl (C=O) groups is 1. The van der Waals surface area contributed by atoms with Gasteiger partial charge in [-0.05, 0) is 82.3 Å². The summed E-state index contributed by atoms with van der Waals surface area (Å²) in [5.74, 6) is -0.583. The molecule has 0 bridgehead atoms. The molecule has 1 aliphatic rings. The molecule has 1 amide bonds. The predicted molar refractivity (Wildman–Crippen MR) is 113 cm³/mol. The third-order valence-electron chi connectivity index (χ3n) is 4.37. The van der Waals surface area contributed by atoms with Crippen LogP contribution in [0, 0.1) is 14.2 Å². The van der Waals surface area contributed by atoms with E-state index in [1.165, 1.54) is 6.07 Å². The highest BCUT2D eigenvalue weighted by molar-refractivity contribution is 14.1. The molecule has 150 valence electrons. The van der Waals surface area contributed by atoms with Crippen LogP contribution in [0.2, 0.25) is 0 Å². The Hall–Kier alpha value is -1.23. The first-order chi connectivity index (χ1) is 12.1. The first-order valence-corrected chi connectivity index (χ1v) is 11.2. The maximum Gasteiger partial charge on any atom is 0.413 e. The summed E-state index contributed by atoms with van der Waals surface area (Å²) in [5.41, 5.74) is -1.73. The van der Waals surface area contributed by atoms with Crippen LogP contribution in [0.5, 0.6) is 0 Å². The van der Waals surface area contributed by atoms with Crippen LogP contribution >= 0.6 is 22.6 Å². The molecule has 2 N–H and O–H groups in total. The van der Waals surface area contributed by atoms with E-state index in [0.717, 1.165) is 3.57 Å². The fraction of sp³-hybridized carbons (Fsp3) is 0.556. The van der Waals surface area contributed by atoms with Gasteiger partial charge >= 0.3 is 6.09 Å². The molecule has 1 unspecified atom stereocenters. The first kappa shape index (κ1) is 22.1. The molecule has 2 atom stereocenters. The molecular weight excluding hydrogens is 484 g/mol. The zero-order valence-electron chi connectivity index (χ0n) is 16.3. The lowest BCUT2D eigenvalue weighted by Gasteiger charge is -2.41. The van der Waals surface area contributed by atoms with Crippen molar-refractivity contribution in [3.63, 3.8) is 0 Å². The van der Waals surface area contributed by atoms with E-state index in [2.05, 4.69) is 32.9 Å². The minimum absolute atomic E-state index is 0.0590. The van der Waals surface area contributed by atoms with Gasteiger partial charge in [0.2, 0.25) is 0 Å². The van der Waals surface area contributed by atoms with E-state index in [4.69, 9.17) is 9.52 Å². The number of amides is 1. The average molecular weight is 509 g/mol. The Morgan fingerprint density at radius 3 is 2.52 bits per heavy atom. The Morgan fingerprint density at radius 1 is 1.37 bits per heavy atom. The summed E-state index contributed by atoms with van der Waals surface area (Å²) in [7, 11) is -3.26. The molecule has 1 aromatic rings. The second-order valence-corrected chi connectivity index (χ2v) is 12.2. The van der Waals surface area contributed by atoms with Gasteiger partial charge < -0.3 is 4.74 Å². The number of benzene rings is 1. The number of alkyl carbamates (subject to hydrolysis) is 1. The van der Waals surface area contributed by atoms with E-state index < -0.39 is 37.5 Å². The summed E-state index contributed by atoms with van der Waals surface area (Å²) < 4.78 is 41.0. The van der Waals surface area contributed by atoms with Gasteiger partial charge in [-0.3, -0.25) is 15.1 Å². The van der Waals surface area contributed by atoms with E-state index in [1.807, 2.05) is 0 Å². The van der Waals surface area contributed by atoms with Crippen LogP contribution in [-0.2, 0) is 20.0 Å². The maximum absolute atomic E-state index is 14.5. The van der Waals surface area contributed by atoms with Crippen molar-refractivity contribution in [3.8, 4) is 0 Å². The smallest absolute Gasteiger partial charge is 0.413 e. The summed E-state index contributed by atoms with van der Waals surface area (Å²) in [6.45, 7) is 9.96. The van der Waals surface area contributed by atoms with Crippen LogP contribution < -0.4 is 5.32 Å². The van der Waals surface area contributed by atoms with Crippen molar-refractivity contribution >= 4 is 44.2 Å². The number of hydrogen-bond donors (Lipinski definition) is 2. The maximum atomic E-state index is 14.5. The van der Waals surface area contributed by atoms with Gasteiger partial charge in [-0.1, -0.05) is 0 Å². The first-order valence-electron chi connectivity index (χ1n) is 8.39. The van der Waals surface area contributed by atoms with Crippen LogP contribution in [0.25, 0.3) is 0 Å². The summed E-state index contributed by atoms with van der Waals surface area (Å²) in [5, 5.41) is 2.55. The zero-order valence-corrected chi connectivity index (χ0v) is 19.2. The standard InChI is InChI=1S/C18H25FIN3O3S/c1-16(2,3)26-15(24)22-14-17(4,5)27(21,25)10-18(6,23-14)12-9-11(20)7-8-13(12)19/h7-9,21H,10H2,1-6H3,(H,22,23,24)/t18-,27?/m0/s1. The topological polar surface area (TPSA) is 91.6 Å². The Bertz CT molecular complexity index is 907. The molecule has 9 heteroatoms. The SMILES string of the molecule is CC(C)(C)OC(=O)NC1=N[C@](C)(c2cc(I)ccc2F)CS(=N)(=O)C1(C)C. The highest BCUT2D eigenvalue weighted by Gasteiger charge is 2.48. The van der Waals surface area contributed by atoms with Gasteiger partial charge in [-0.2, -0.15) is 0 Å². The fourth-order valence-electron chi connectivity index (χ4n) is 2.77. The van der Waals surface area contributed by atoms with Gasteiger partial charge in [0, 0.05) is 9.13 Å². The molecule has 6 nitrogen and oxygen atoms in total. The van der Waals surface area contributed by atoms with Crippen molar-refractivity contribution in [3.05, 3.63) is 33.1 Å². The van der Waals surface area contributed by atoms with Crippen molar-refractivity contribution in [2.24, 2.45) is 4.99 Å². The molecule has 1 aliphatic heterocycles. The number of nitrogens with one attached hydrogen (secondary N) is 2. The van der Waals surface area contributed by atoms with E-state index in [-0.39, 0.29) is 17.2 Å². The van der Waals surface area contributed by atoms with Crippen LogP contribution in [0.15, 0.2) is 23.2 Å². The number of nitrogens with zero attached hydrogens (tertiary/aromatic N) is 1. The normalized spacial score (nSPS) is 27.6. The molecule has 0 aromatic heterocycles. The molecule has 0 spiro atoms. The molecule has 0 radical (unpaired) electrons. The monoisotopic (exact) mass is 509 g/mol. The number of halogens is 2. The fourth-order valence-corrected chi connectivity index (χ4v) is 5.05. The van der Waals surface area contributed by atoms with Crippen LogP contribution in [-0.4, -0.2) is 32.2 Å². The molecule has 0 fully saturated rings. The Balaban J connectivity index is 2.57. The minimum Gasteiger partial charge on any atom is -0.444 e. The number of carbonyl (C=O) groups excluding carboxylic acids is 1. The summed E-state index contributed by atoms with van der Waals surface area (Å²) in [6, 6.07) is 4.57. The van der Waals surface area contributed by atoms with Gasteiger partial charge in [0.25, 0.3) is 0 Å². The molecule has 27 heavy (non-hydrogen) atoms. The predicted octanol–water partition coefficient (Wildman–Crippen LogP) is 4.41. The Kier molecular flexibility index (Phi) is 5.71. The largest absolute Gasteiger partial charge is 0.444 e. The third kappa shape index (κ3) is 4.61. The van der Waals surface area contributed by atoms with E-state index >= 15 is 0 Å². The van der Waals surface area contributed by atoms with E-state index in [1.54, 1.807) is 53.7 Å². The molecular formula is C18H25FIN3O3S. The van der Waals surface area contributed by atoms with Crippen LogP contribution in [0.1, 0.15) is 47.1 Å². The lowest BCUT2D eigenvalue weighted by Crippen LogP contribution is -2.57. The second kappa shape index (κ2) is 6.98. The molecule has 0 saturated heterocycles. The number of hydrogen-bond acceptors (Lipinski definition) is 5. The van der Waals surface area contributed by atoms with Gasteiger partial charge in [-0.15, -0.1) is 0 Å². The molecule has 1 heterocycles. The highest BCUT2D eigenvalue weighted by atomic mass is 127. The zero-order chi connectivity index (χ0) is 20.8. The van der Waals surface area contributed by atoms with Crippen molar-refractivity contribution in [1.82, 2.24) is 5.32 Å². The van der Waals surface area contributed by atoms with Gasteiger partial charge in [-0.25, -0.2) is 13.4 Å². The average Bonchev–Trinajstić information content (AvgIpc) is 2.45. The highest BCUT2D eigenvalue weighted by Crippen LogP contribution is 2.39. The van der Waals surface area contributed by atoms with E-state index in [0.29, 0.717) is 0 Å². The molecule has 1 aromatic carbocycles. The van der Waals surface area contributed by atoms with Gasteiger partial charge in [0.15, 0.2) is 0 Å². The van der Waals surface area contributed by atoms with Gasteiger partial charge in [0.05, 0.1) is 15.5 Å². The number of amidine groups is 1. The van der Waals surface area contributed by atoms with Gasteiger partial charge in [0.1, 0.15) is 27.5 Å². The summed E-state index contributed by atoms with van der Waals surface area (Å²) in [6.07, 6.45) is -0.753. The quantitative estimate of drug-likeness (QED) is 0.550. The summed E-state index contributed by atoms with van der Waals surface area (Å²) >= 11 is 2.06. The van der Waals surface area contributed by atoms with Crippen molar-refractivity contribution in [2.45, 2.75) is 57.4 Å². The molecule has 2 rings (SSSR count). The minimum atomic E-state index is -3.26.